The second-order valence-electron chi connectivity index (χ2n) is 6.99. The van der Waals surface area contributed by atoms with Crippen LogP contribution >= 0.6 is 0 Å². The summed E-state index contributed by atoms with van der Waals surface area (Å²) in [6.45, 7) is 2.01. The first kappa shape index (κ1) is 17.5. The van der Waals surface area contributed by atoms with E-state index in [1.165, 1.54) is 9.87 Å². The summed E-state index contributed by atoms with van der Waals surface area (Å²) in [5, 5.41) is 4.16. The number of hydrogen-bond acceptors (Lipinski definition) is 5. The molecule has 1 fully saturated rings. The summed E-state index contributed by atoms with van der Waals surface area (Å²) in [5.41, 5.74) is 3.14. The molecule has 1 aromatic carbocycles. The van der Waals surface area contributed by atoms with Gasteiger partial charge in [-0.3, -0.25) is 4.68 Å². The second kappa shape index (κ2) is 6.68. The highest BCUT2D eigenvalue weighted by atomic mass is 32.2. The third kappa shape index (κ3) is 3.13. The highest BCUT2D eigenvalue weighted by molar-refractivity contribution is 7.89. The Labute approximate surface area is 154 Å². The number of benzene rings is 1. The van der Waals surface area contributed by atoms with Gasteiger partial charge in [0.1, 0.15) is 0 Å². The zero-order valence-corrected chi connectivity index (χ0v) is 15.9. The molecule has 0 amide bonds. The molecule has 0 unspecified atom stereocenters. The molecule has 7 nitrogen and oxygen atoms in total. The van der Waals surface area contributed by atoms with Gasteiger partial charge in [0.15, 0.2) is 0 Å². The third-order valence-electron chi connectivity index (χ3n) is 5.17. The summed E-state index contributed by atoms with van der Waals surface area (Å²) in [7, 11) is 0.300. The number of nitrogens with zero attached hydrogens (tertiary/aromatic N) is 4. The Hall–Kier alpha value is -1.90. The van der Waals surface area contributed by atoms with Crippen molar-refractivity contribution in [1.29, 1.82) is 0 Å². The molecule has 4 rings (SSSR count). The monoisotopic (exact) mass is 376 g/mol. The van der Waals surface area contributed by atoms with Crippen LogP contribution in [0, 0.1) is 0 Å². The molecule has 2 aliphatic rings. The quantitative estimate of drug-likeness (QED) is 0.813. The van der Waals surface area contributed by atoms with Crippen LogP contribution in [0.3, 0.4) is 0 Å². The SMILES string of the molecule is CN1CCCc2ccc(S(=O)(=O)N3CCO[C@@H](c4cnn(C)c4)C3)cc21. The number of fused-ring (bicyclic) bond motifs is 1. The van der Waals surface area contributed by atoms with Gasteiger partial charge in [0.25, 0.3) is 0 Å². The van der Waals surface area contributed by atoms with E-state index in [-0.39, 0.29) is 6.10 Å². The Balaban J connectivity index is 1.61. The predicted molar refractivity (Wildman–Crippen MR) is 98.7 cm³/mol. The molecular formula is C18H24N4O3S. The molecular weight excluding hydrogens is 352 g/mol. The van der Waals surface area contributed by atoms with E-state index >= 15 is 0 Å². The highest BCUT2D eigenvalue weighted by Gasteiger charge is 2.32. The van der Waals surface area contributed by atoms with Gasteiger partial charge in [-0.1, -0.05) is 6.07 Å². The first-order valence-corrected chi connectivity index (χ1v) is 10.3. The molecule has 0 N–H and O–H groups in total. The van der Waals surface area contributed by atoms with E-state index in [9.17, 15) is 8.42 Å². The molecule has 3 heterocycles. The zero-order chi connectivity index (χ0) is 18.3. The lowest BCUT2D eigenvalue weighted by Crippen LogP contribution is -2.42. The van der Waals surface area contributed by atoms with Crippen LogP contribution in [0.5, 0.6) is 0 Å². The predicted octanol–water partition coefficient (Wildman–Crippen LogP) is 1.56. The van der Waals surface area contributed by atoms with Gasteiger partial charge in [-0.15, -0.1) is 0 Å². The largest absolute Gasteiger partial charge is 0.374 e. The van der Waals surface area contributed by atoms with Crippen LogP contribution in [0.4, 0.5) is 5.69 Å². The Bertz CT molecular complexity index is 909. The van der Waals surface area contributed by atoms with Crippen molar-refractivity contribution in [3.63, 3.8) is 0 Å². The fourth-order valence-corrected chi connectivity index (χ4v) is 5.14. The average Bonchev–Trinajstić information content (AvgIpc) is 3.08. The molecule has 2 aliphatic heterocycles. The summed E-state index contributed by atoms with van der Waals surface area (Å²) in [6, 6.07) is 5.51. The molecule has 0 aliphatic carbocycles. The summed E-state index contributed by atoms with van der Waals surface area (Å²) in [4.78, 5) is 2.49. The van der Waals surface area contributed by atoms with Crippen LogP contribution in [0.15, 0.2) is 35.5 Å². The Kier molecular flexibility index (Phi) is 4.50. The van der Waals surface area contributed by atoms with Crippen molar-refractivity contribution in [2.75, 3.05) is 38.2 Å². The molecule has 0 radical (unpaired) electrons. The summed E-state index contributed by atoms with van der Waals surface area (Å²) in [6.07, 6.45) is 5.42. The maximum Gasteiger partial charge on any atom is 0.243 e. The minimum Gasteiger partial charge on any atom is -0.374 e. The normalized spacial score (nSPS) is 21.6. The molecule has 8 heteroatoms. The van der Waals surface area contributed by atoms with Crippen LogP contribution in [-0.4, -0.2) is 55.8 Å². The van der Waals surface area contributed by atoms with E-state index in [0.29, 0.717) is 24.6 Å². The van der Waals surface area contributed by atoms with Crippen molar-refractivity contribution >= 4 is 15.7 Å². The topological polar surface area (TPSA) is 67.7 Å². The first-order valence-electron chi connectivity index (χ1n) is 8.89. The molecule has 1 aromatic heterocycles. The van der Waals surface area contributed by atoms with Crippen molar-refractivity contribution in [2.24, 2.45) is 7.05 Å². The van der Waals surface area contributed by atoms with Gasteiger partial charge in [0.2, 0.25) is 10.0 Å². The van der Waals surface area contributed by atoms with Gasteiger partial charge >= 0.3 is 0 Å². The summed E-state index contributed by atoms with van der Waals surface area (Å²) < 4.78 is 35.4. The highest BCUT2D eigenvalue weighted by Crippen LogP contribution is 2.31. The fraction of sp³-hybridized carbons (Fsp3) is 0.500. The number of anilines is 1. The fourth-order valence-electron chi connectivity index (χ4n) is 3.70. The number of sulfonamides is 1. The third-order valence-corrected chi connectivity index (χ3v) is 7.03. The molecule has 1 saturated heterocycles. The van der Waals surface area contributed by atoms with Gasteiger partial charge in [-0.25, -0.2) is 8.42 Å². The number of rotatable bonds is 3. The lowest BCUT2D eigenvalue weighted by atomic mass is 10.0. The van der Waals surface area contributed by atoms with Crippen LogP contribution in [0.2, 0.25) is 0 Å². The zero-order valence-electron chi connectivity index (χ0n) is 15.1. The lowest BCUT2D eigenvalue weighted by Gasteiger charge is -2.32. The Morgan fingerprint density at radius 3 is 2.85 bits per heavy atom. The van der Waals surface area contributed by atoms with Gasteiger partial charge in [-0.05, 0) is 30.5 Å². The smallest absolute Gasteiger partial charge is 0.243 e. The number of ether oxygens (including phenoxy) is 1. The van der Waals surface area contributed by atoms with Crippen LogP contribution in [-0.2, 0) is 28.2 Å². The van der Waals surface area contributed by atoms with Crippen molar-refractivity contribution in [3.8, 4) is 0 Å². The average molecular weight is 376 g/mol. The van der Waals surface area contributed by atoms with E-state index in [1.807, 2.05) is 32.4 Å². The maximum atomic E-state index is 13.2. The minimum absolute atomic E-state index is 0.285. The van der Waals surface area contributed by atoms with Gasteiger partial charge in [0, 0.05) is 51.2 Å². The van der Waals surface area contributed by atoms with Crippen LogP contribution < -0.4 is 4.90 Å². The Morgan fingerprint density at radius 2 is 2.08 bits per heavy atom. The van der Waals surface area contributed by atoms with Gasteiger partial charge < -0.3 is 9.64 Å². The minimum atomic E-state index is -3.55. The van der Waals surface area contributed by atoms with Crippen molar-refractivity contribution < 1.29 is 13.2 Å². The first-order chi connectivity index (χ1) is 12.4. The molecule has 0 spiro atoms. The van der Waals surface area contributed by atoms with E-state index in [4.69, 9.17) is 4.74 Å². The second-order valence-corrected chi connectivity index (χ2v) is 8.92. The van der Waals surface area contributed by atoms with Gasteiger partial charge in [0.05, 0.1) is 23.8 Å². The molecule has 0 saturated carbocycles. The van der Waals surface area contributed by atoms with Crippen LogP contribution in [0.1, 0.15) is 23.7 Å². The number of aromatic nitrogens is 2. The molecule has 1 atom stereocenters. The lowest BCUT2D eigenvalue weighted by molar-refractivity contribution is -0.00259. The standard InChI is InChI=1S/C18H24N4O3S/c1-20-7-3-4-14-5-6-16(10-17(14)20)26(23,24)22-8-9-25-18(13-22)15-11-19-21(2)12-15/h5-6,10-12,18H,3-4,7-9,13H2,1-2H3/t18-/m1/s1. The Morgan fingerprint density at radius 1 is 1.23 bits per heavy atom. The van der Waals surface area contributed by atoms with Crippen molar-refractivity contribution in [3.05, 3.63) is 41.7 Å². The van der Waals surface area contributed by atoms with E-state index < -0.39 is 10.0 Å². The summed E-state index contributed by atoms with van der Waals surface area (Å²) in [5.74, 6) is 0. The number of aryl methyl sites for hydroxylation is 2. The molecule has 0 bridgehead atoms. The molecule has 2 aromatic rings. The van der Waals surface area contributed by atoms with Crippen molar-refractivity contribution in [1.82, 2.24) is 14.1 Å². The molecule has 26 heavy (non-hydrogen) atoms. The number of morpholine rings is 1. The summed E-state index contributed by atoms with van der Waals surface area (Å²) >= 11 is 0. The van der Waals surface area contributed by atoms with E-state index in [2.05, 4.69) is 10.00 Å². The maximum absolute atomic E-state index is 13.2. The van der Waals surface area contributed by atoms with E-state index in [1.54, 1.807) is 16.9 Å². The number of hydrogen-bond donors (Lipinski definition) is 0. The van der Waals surface area contributed by atoms with Crippen molar-refractivity contribution in [2.45, 2.75) is 23.8 Å². The van der Waals surface area contributed by atoms with Crippen LogP contribution in [0.25, 0.3) is 0 Å². The van der Waals surface area contributed by atoms with Gasteiger partial charge in [-0.2, -0.15) is 9.40 Å². The molecule has 140 valence electrons. The van der Waals surface area contributed by atoms with E-state index in [0.717, 1.165) is 30.6 Å².